The Labute approximate surface area is 187 Å². The number of nitrogens with zero attached hydrogens (tertiary/aromatic N) is 1. The first-order valence-corrected chi connectivity index (χ1v) is 10.1. The van der Waals surface area contributed by atoms with Crippen molar-refractivity contribution in [1.82, 2.24) is 4.90 Å². The van der Waals surface area contributed by atoms with Gasteiger partial charge in [-0.15, -0.1) is 0 Å². The van der Waals surface area contributed by atoms with Crippen LogP contribution < -0.4 is 5.73 Å². The first kappa shape index (κ1) is 22.1. The first-order chi connectivity index (χ1) is 14.8. The summed E-state index contributed by atoms with van der Waals surface area (Å²) in [5.74, 6) is -6.49. The van der Waals surface area contributed by atoms with Crippen LogP contribution in [0.2, 0.25) is 5.02 Å². The molecular formula is C22H21ClN2O7. The Balaban J connectivity index is 2.13. The van der Waals surface area contributed by atoms with Crippen LogP contribution in [0.15, 0.2) is 23.5 Å². The van der Waals surface area contributed by atoms with Crippen molar-refractivity contribution >= 4 is 39.8 Å². The van der Waals surface area contributed by atoms with Gasteiger partial charge in [-0.2, -0.15) is 0 Å². The molecule has 10 heteroatoms. The van der Waals surface area contributed by atoms with Gasteiger partial charge in [-0.1, -0.05) is 11.6 Å². The molecule has 2 aliphatic rings. The van der Waals surface area contributed by atoms with Gasteiger partial charge in [-0.3, -0.25) is 19.3 Å². The molecule has 0 aromatic heterocycles. The molecule has 168 valence electrons. The van der Waals surface area contributed by atoms with Gasteiger partial charge in [0.05, 0.1) is 17.0 Å². The number of aryl methyl sites for hydroxylation is 1. The predicted octanol–water partition coefficient (Wildman–Crippen LogP) is 1.11. The molecule has 4 rings (SSSR count). The van der Waals surface area contributed by atoms with Crippen molar-refractivity contribution in [3.8, 4) is 11.5 Å². The number of hydrogen-bond donors (Lipinski definition) is 5. The number of phenolic OH excluding ortho intramolecular Hbond substituents is 2. The van der Waals surface area contributed by atoms with Crippen molar-refractivity contribution in [3.05, 3.63) is 45.2 Å². The summed E-state index contributed by atoms with van der Waals surface area (Å²) in [5, 5.41) is 44.0. The third-order valence-corrected chi connectivity index (χ3v) is 6.88. The Morgan fingerprint density at radius 2 is 1.81 bits per heavy atom. The second-order valence-corrected chi connectivity index (χ2v) is 8.82. The minimum atomic E-state index is -2.69. The number of primary amides is 1. The molecule has 2 aliphatic carbocycles. The summed E-state index contributed by atoms with van der Waals surface area (Å²) in [7, 11) is 3.06. The lowest BCUT2D eigenvalue weighted by molar-refractivity contribution is -0.132. The summed E-state index contributed by atoms with van der Waals surface area (Å²) in [6, 6.07) is 1.54. The summed E-state index contributed by atoms with van der Waals surface area (Å²) in [4.78, 5) is 40.0. The van der Waals surface area contributed by atoms with E-state index >= 15 is 0 Å². The summed E-state index contributed by atoms with van der Waals surface area (Å²) in [5.41, 5.74) is 2.19. The third kappa shape index (κ3) is 2.55. The van der Waals surface area contributed by atoms with Crippen LogP contribution in [0.3, 0.4) is 0 Å². The van der Waals surface area contributed by atoms with E-state index < -0.39 is 52.1 Å². The standard InChI is InChI=1S/C22H21ClN2O7/c1-7-8-6-9-16(25(2)3)18(28)15(21(24)31)20(30)22(9,32)19(29)13(8)17(27)14-11(26)5-4-10(23)12(7)14/h4-5,9,16,26-27,30,32H,6H2,1-3H3,(H2,24,31)/t9-,16-,22-/m1/s1. The SMILES string of the molecule is Cc1c2c(c(O)c3c(O)ccc(Cl)c13)C(=O)[C@@]1(O)C(O)=C(C(N)=O)C(=O)[C@H](N(C)C)[C@H]1C2. The number of rotatable bonds is 2. The maximum absolute atomic E-state index is 13.6. The summed E-state index contributed by atoms with van der Waals surface area (Å²) in [6.45, 7) is 1.64. The Hall–Kier alpha value is -3.14. The van der Waals surface area contributed by atoms with Crippen molar-refractivity contribution in [3.63, 3.8) is 0 Å². The van der Waals surface area contributed by atoms with E-state index in [1.807, 2.05) is 0 Å². The van der Waals surface area contributed by atoms with Gasteiger partial charge >= 0.3 is 0 Å². The van der Waals surface area contributed by atoms with Crippen molar-refractivity contribution in [2.24, 2.45) is 11.7 Å². The van der Waals surface area contributed by atoms with Gasteiger partial charge in [0, 0.05) is 16.3 Å². The van der Waals surface area contributed by atoms with Gasteiger partial charge in [-0.05, 0) is 50.7 Å². The van der Waals surface area contributed by atoms with Crippen LogP contribution >= 0.6 is 11.6 Å². The molecule has 2 aromatic carbocycles. The Morgan fingerprint density at radius 1 is 1.19 bits per heavy atom. The van der Waals surface area contributed by atoms with Gasteiger partial charge in [0.2, 0.25) is 5.78 Å². The minimum absolute atomic E-state index is 0.0845. The maximum Gasteiger partial charge on any atom is 0.255 e. The highest BCUT2D eigenvalue weighted by molar-refractivity contribution is 6.37. The van der Waals surface area contributed by atoms with E-state index in [-0.39, 0.29) is 28.1 Å². The number of aliphatic hydroxyl groups excluding tert-OH is 1. The fourth-order valence-corrected chi connectivity index (χ4v) is 5.40. The predicted molar refractivity (Wildman–Crippen MR) is 115 cm³/mol. The zero-order valence-corrected chi connectivity index (χ0v) is 18.2. The number of Topliss-reactive ketones (excluding diaryl/α,β-unsaturated/α-hetero) is 2. The fourth-order valence-electron chi connectivity index (χ4n) is 5.10. The van der Waals surface area contributed by atoms with E-state index in [4.69, 9.17) is 17.3 Å². The number of aliphatic hydroxyl groups is 2. The maximum atomic E-state index is 13.6. The zero-order valence-electron chi connectivity index (χ0n) is 17.4. The molecule has 1 amide bonds. The smallest absolute Gasteiger partial charge is 0.255 e. The Kier molecular flexibility index (Phi) is 4.78. The average Bonchev–Trinajstić information content (AvgIpc) is 2.69. The van der Waals surface area contributed by atoms with Crippen LogP contribution in [-0.4, -0.2) is 68.5 Å². The molecule has 0 heterocycles. The monoisotopic (exact) mass is 460 g/mol. The van der Waals surface area contributed by atoms with Crippen LogP contribution in [-0.2, 0) is 16.0 Å². The van der Waals surface area contributed by atoms with Crippen LogP contribution in [0.5, 0.6) is 11.5 Å². The van der Waals surface area contributed by atoms with Crippen molar-refractivity contribution in [1.29, 1.82) is 0 Å². The third-order valence-electron chi connectivity index (χ3n) is 6.57. The normalized spacial score (nSPS) is 25.3. The average molecular weight is 461 g/mol. The molecule has 3 atom stereocenters. The van der Waals surface area contributed by atoms with Gasteiger partial charge in [0.1, 0.15) is 22.8 Å². The van der Waals surface area contributed by atoms with E-state index in [9.17, 15) is 34.8 Å². The number of benzene rings is 2. The highest BCUT2D eigenvalue weighted by Gasteiger charge is 2.62. The lowest BCUT2D eigenvalue weighted by atomic mass is 9.61. The minimum Gasteiger partial charge on any atom is -0.508 e. The number of aromatic hydroxyl groups is 2. The van der Waals surface area contributed by atoms with Gasteiger partial charge < -0.3 is 26.2 Å². The molecule has 0 saturated carbocycles. The number of amides is 1. The second-order valence-electron chi connectivity index (χ2n) is 8.41. The number of hydrogen-bond acceptors (Lipinski definition) is 8. The number of fused-ring (bicyclic) bond motifs is 3. The zero-order chi connectivity index (χ0) is 23.9. The fraction of sp³-hybridized carbons (Fsp3) is 0.318. The van der Waals surface area contributed by atoms with E-state index in [2.05, 4.69) is 0 Å². The van der Waals surface area contributed by atoms with E-state index in [0.29, 0.717) is 16.5 Å². The molecule has 9 nitrogen and oxygen atoms in total. The molecule has 0 radical (unpaired) electrons. The molecule has 0 unspecified atom stereocenters. The number of carbonyl (C=O) groups is 3. The van der Waals surface area contributed by atoms with E-state index in [0.717, 1.165) is 0 Å². The van der Waals surface area contributed by atoms with Crippen LogP contribution in [0.1, 0.15) is 21.5 Å². The van der Waals surface area contributed by atoms with Crippen LogP contribution in [0.4, 0.5) is 0 Å². The molecule has 0 bridgehead atoms. The lowest BCUT2D eigenvalue weighted by Gasteiger charge is -2.47. The number of halogens is 1. The van der Waals surface area contributed by atoms with Crippen LogP contribution in [0.25, 0.3) is 10.8 Å². The second kappa shape index (κ2) is 6.93. The molecule has 0 fully saturated rings. The number of phenols is 2. The van der Waals surface area contributed by atoms with Gasteiger partial charge in [0.15, 0.2) is 11.4 Å². The molecule has 32 heavy (non-hydrogen) atoms. The largest absolute Gasteiger partial charge is 0.508 e. The van der Waals surface area contributed by atoms with Crippen LogP contribution in [0, 0.1) is 12.8 Å². The highest BCUT2D eigenvalue weighted by Crippen LogP contribution is 2.51. The summed E-state index contributed by atoms with van der Waals surface area (Å²) < 4.78 is 0. The Bertz CT molecular complexity index is 1280. The Morgan fingerprint density at radius 3 is 2.38 bits per heavy atom. The molecule has 0 saturated heterocycles. The summed E-state index contributed by atoms with van der Waals surface area (Å²) in [6.07, 6.45) is -0.108. The van der Waals surface area contributed by atoms with E-state index in [1.54, 1.807) is 6.92 Å². The quantitative estimate of drug-likeness (QED) is 0.416. The first-order valence-electron chi connectivity index (χ1n) is 9.72. The molecule has 0 aliphatic heterocycles. The highest BCUT2D eigenvalue weighted by atomic mass is 35.5. The van der Waals surface area contributed by atoms with Gasteiger partial charge in [0.25, 0.3) is 5.91 Å². The number of carbonyl (C=O) groups excluding carboxylic acids is 3. The number of nitrogens with two attached hydrogens (primary N) is 1. The lowest BCUT2D eigenvalue weighted by Crippen LogP contribution is -2.64. The molecule has 2 aromatic rings. The van der Waals surface area contributed by atoms with Crippen molar-refractivity contribution < 1.29 is 34.8 Å². The summed E-state index contributed by atoms with van der Waals surface area (Å²) >= 11 is 6.31. The molecule has 0 spiro atoms. The number of ketones is 2. The molecular weight excluding hydrogens is 440 g/mol. The van der Waals surface area contributed by atoms with E-state index in [1.165, 1.54) is 31.1 Å². The topological polar surface area (TPSA) is 161 Å². The van der Waals surface area contributed by atoms with Crippen molar-refractivity contribution in [2.45, 2.75) is 25.0 Å². The molecule has 6 N–H and O–H groups in total. The number of likely N-dealkylation sites (N-methyl/N-ethyl adjacent to an activating group) is 1. The van der Waals surface area contributed by atoms with Gasteiger partial charge in [-0.25, -0.2) is 0 Å². The van der Waals surface area contributed by atoms with Crippen molar-refractivity contribution in [2.75, 3.05) is 14.1 Å².